The molecular weight excluding hydrogens is 270 g/mol. The second-order valence-electron chi connectivity index (χ2n) is 6.63. The molecule has 1 saturated carbocycles. The number of carbonyl (C=O) groups excluding carboxylic acids is 2. The van der Waals surface area contributed by atoms with Gasteiger partial charge in [0.15, 0.2) is 0 Å². The average Bonchev–Trinajstić information content (AvgIpc) is 3.12. The zero-order valence-corrected chi connectivity index (χ0v) is 13.5. The number of hydrogen-bond acceptors (Lipinski definition) is 4. The van der Waals surface area contributed by atoms with Crippen molar-refractivity contribution in [3.63, 3.8) is 0 Å². The van der Waals surface area contributed by atoms with Crippen LogP contribution >= 0.6 is 0 Å². The Bertz CT molecular complexity index is 386. The summed E-state index contributed by atoms with van der Waals surface area (Å²) in [7, 11) is 1.31. The summed E-state index contributed by atoms with van der Waals surface area (Å²) in [6, 6.07) is -0.715. The van der Waals surface area contributed by atoms with E-state index in [1.54, 1.807) is 0 Å². The van der Waals surface area contributed by atoms with Crippen LogP contribution in [-0.4, -0.2) is 31.3 Å². The molecule has 5 heteroatoms. The maximum Gasteiger partial charge on any atom is 0.408 e. The molecule has 0 aromatic carbocycles. The number of methoxy groups -OCH3 is 1. The molecule has 1 amide bonds. The fourth-order valence-electron chi connectivity index (χ4n) is 2.23. The van der Waals surface area contributed by atoms with E-state index in [1.165, 1.54) is 7.11 Å². The van der Waals surface area contributed by atoms with Gasteiger partial charge in [0.2, 0.25) is 0 Å². The SMILES string of the molecule is C=CCCC[C@@H]1C[C@H]1OC(=O)N[C@H](C(=O)OC)C(C)(C)C. The molecule has 0 radical (unpaired) electrons. The lowest BCUT2D eigenvalue weighted by Crippen LogP contribution is -2.50. The molecule has 0 unspecified atom stereocenters. The van der Waals surface area contributed by atoms with Crippen molar-refractivity contribution in [3.8, 4) is 0 Å². The minimum absolute atomic E-state index is 0.0203. The lowest BCUT2D eigenvalue weighted by molar-refractivity contribution is -0.145. The molecule has 0 aliphatic heterocycles. The maximum absolute atomic E-state index is 11.9. The van der Waals surface area contributed by atoms with E-state index in [4.69, 9.17) is 9.47 Å². The Morgan fingerprint density at radius 2 is 2.10 bits per heavy atom. The maximum atomic E-state index is 11.9. The number of nitrogens with one attached hydrogen (secondary N) is 1. The van der Waals surface area contributed by atoms with E-state index < -0.39 is 23.5 Å². The molecule has 3 atom stereocenters. The van der Waals surface area contributed by atoms with Crippen molar-refractivity contribution >= 4 is 12.1 Å². The highest BCUT2D eigenvalue weighted by Crippen LogP contribution is 2.38. The van der Waals surface area contributed by atoms with E-state index in [9.17, 15) is 9.59 Å². The molecule has 1 fully saturated rings. The van der Waals surface area contributed by atoms with Crippen molar-refractivity contribution in [2.75, 3.05) is 7.11 Å². The number of alkyl carbamates (subject to hydrolysis) is 1. The second kappa shape index (κ2) is 7.48. The van der Waals surface area contributed by atoms with Crippen LogP contribution in [0.25, 0.3) is 0 Å². The predicted octanol–water partition coefficient (Wildman–Crippen LogP) is 3.05. The summed E-state index contributed by atoms with van der Waals surface area (Å²) in [5.41, 5.74) is -0.432. The third-order valence-electron chi connectivity index (χ3n) is 3.66. The van der Waals surface area contributed by atoms with Gasteiger partial charge in [-0.1, -0.05) is 26.8 Å². The zero-order valence-electron chi connectivity index (χ0n) is 13.5. The van der Waals surface area contributed by atoms with E-state index in [1.807, 2.05) is 26.8 Å². The Morgan fingerprint density at radius 3 is 2.62 bits per heavy atom. The zero-order chi connectivity index (χ0) is 16.0. The number of allylic oxidation sites excluding steroid dienone is 1. The lowest BCUT2D eigenvalue weighted by Gasteiger charge is -2.28. The Hall–Kier alpha value is -1.52. The summed E-state index contributed by atoms with van der Waals surface area (Å²) in [6.07, 6.45) is 5.35. The Morgan fingerprint density at radius 1 is 1.43 bits per heavy atom. The summed E-state index contributed by atoms with van der Waals surface area (Å²) in [6.45, 7) is 9.28. The molecular formula is C16H27NO4. The van der Waals surface area contributed by atoms with Gasteiger partial charge in [-0.25, -0.2) is 9.59 Å². The first-order chi connectivity index (χ1) is 9.79. The fraction of sp³-hybridized carbons (Fsp3) is 0.750. The molecule has 5 nitrogen and oxygen atoms in total. The molecule has 1 N–H and O–H groups in total. The van der Waals surface area contributed by atoms with Crippen LogP contribution < -0.4 is 5.32 Å². The molecule has 1 rings (SSSR count). The Labute approximate surface area is 127 Å². The van der Waals surface area contributed by atoms with Crippen LogP contribution in [0, 0.1) is 11.3 Å². The van der Waals surface area contributed by atoms with E-state index in [2.05, 4.69) is 11.9 Å². The van der Waals surface area contributed by atoms with Crippen LogP contribution in [-0.2, 0) is 14.3 Å². The molecule has 1 aliphatic carbocycles. The van der Waals surface area contributed by atoms with Gasteiger partial charge in [-0.15, -0.1) is 6.58 Å². The molecule has 0 heterocycles. The van der Waals surface area contributed by atoms with Crippen LogP contribution in [0.1, 0.15) is 46.5 Å². The summed E-state index contributed by atoms with van der Waals surface area (Å²) < 4.78 is 10.1. The molecule has 0 spiro atoms. The van der Waals surface area contributed by atoms with Crippen LogP contribution in [0.2, 0.25) is 0 Å². The summed E-state index contributed by atoms with van der Waals surface area (Å²) >= 11 is 0. The van der Waals surface area contributed by atoms with Crippen LogP contribution in [0.3, 0.4) is 0 Å². The summed E-state index contributed by atoms with van der Waals surface area (Å²) in [4.78, 5) is 23.6. The molecule has 1 aliphatic rings. The monoisotopic (exact) mass is 297 g/mol. The van der Waals surface area contributed by atoms with Crippen molar-refractivity contribution in [2.24, 2.45) is 11.3 Å². The highest BCUT2D eigenvalue weighted by molar-refractivity contribution is 5.82. The standard InChI is InChI=1S/C16H27NO4/c1-6-7-8-9-11-10-12(11)21-15(19)17-13(14(18)20-5)16(2,3)4/h6,11-13H,1,7-10H2,2-5H3,(H,17,19)/t11-,12-,13-/m1/s1. The normalized spacial score (nSPS) is 22.1. The molecule has 21 heavy (non-hydrogen) atoms. The van der Waals surface area contributed by atoms with E-state index in [0.717, 1.165) is 25.7 Å². The summed E-state index contributed by atoms with van der Waals surface area (Å²) in [5.74, 6) is -0.0142. The van der Waals surface area contributed by atoms with E-state index in [-0.39, 0.29) is 6.10 Å². The average molecular weight is 297 g/mol. The lowest BCUT2D eigenvalue weighted by atomic mass is 9.87. The topological polar surface area (TPSA) is 64.6 Å². The number of amides is 1. The van der Waals surface area contributed by atoms with Gasteiger partial charge in [0.1, 0.15) is 12.1 Å². The first-order valence-electron chi connectivity index (χ1n) is 7.45. The minimum Gasteiger partial charge on any atom is -0.467 e. The van der Waals surface area contributed by atoms with Gasteiger partial charge in [-0.3, -0.25) is 0 Å². The molecule has 120 valence electrons. The van der Waals surface area contributed by atoms with E-state index >= 15 is 0 Å². The van der Waals surface area contributed by atoms with Crippen molar-refractivity contribution in [2.45, 2.75) is 58.6 Å². The highest BCUT2D eigenvalue weighted by Gasteiger charge is 2.41. The number of esters is 1. The first-order valence-corrected chi connectivity index (χ1v) is 7.45. The fourth-order valence-corrected chi connectivity index (χ4v) is 2.23. The smallest absolute Gasteiger partial charge is 0.408 e. The highest BCUT2D eigenvalue weighted by atomic mass is 16.6. The predicted molar refractivity (Wildman–Crippen MR) is 80.8 cm³/mol. The van der Waals surface area contributed by atoms with Crippen LogP contribution in [0.4, 0.5) is 4.79 Å². The van der Waals surface area contributed by atoms with Gasteiger partial charge in [0, 0.05) is 0 Å². The number of ether oxygens (including phenoxy) is 2. The van der Waals surface area contributed by atoms with Gasteiger partial charge in [-0.2, -0.15) is 0 Å². The van der Waals surface area contributed by atoms with Crippen LogP contribution in [0.5, 0.6) is 0 Å². The Balaban J connectivity index is 2.39. The van der Waals surface area contributed by atoms with Gasteiger partial charge >= 0.3 is 12.1 Å². The molecule has 0 bridgehead atoms. The molecule has 0 aromatic rings. The first kappa shape index (κ1) is 17.5. The molecule has 0 aromatic heterocycles. The van der Waals surface area contributed by atoms with Crippen molar-refractivity contribution < 1.29 is 19.1 Å². The van der Waals surface area contributed by atoms with Crippen molar-refractivity contribution in [1.82, 2.24) is 5.32 Å². The van der Waals surface area contributed by atoms with Crippen LogP contribution in [0.15, 0.2) is 12.7 Å². The third-order valence-corrected chi connectivity index (χ3v) is 3.66. The van der Waals surface area contributed by atoms with Gasteiger partial charge in [0.25, 0.3) is 0 Å². The second-order valence-corrected chi connectivity index (χ2v) is 6.63. The number of rotatable bonds is 7. The number of hydrogen-bond donors (Lipinski definition) is 1. The van der Waals surface area contributed by atoms with Gasteiger partial charge in [-0.05, 0) is 37.0 Å². The largest absolute Gasteiger partial charge is 0.467 e. The minimum atomic E-state index is -0.715. The van der Waals surface area contributed by atoms with Gasteiger partial charge in [0.05, 0.1) is 7.11 Å². The third kappa shape index (κ3) is 5.78. The number of unbranched alkanes of at least 4 members (excludes halogenated alkanes) is 1. The van der Waals surface area contributed by atoms with Crippen molar-refractivity contribution in [3.05, 3.63) is 12.7 Å². The quantitative estimate of drug-likeness (QED) is 0.445. The van der Waals surface area contributed by atoms with E-state index in [0.29, 0.717) is 5.92 Å². The number of carbonyl (C=O) groups is 2. The molecule has 0 saturated heterocycles. The summed E-state index contributed by atoms with van der Waals surface area (Å²) in [5, 5.41) is 2.61. The van der Waals surface area contributed by atoms with Gasteiger partial charge < -0.3 is 14.8 Å². The van der Waals surface area contributed by atoms with Crippen molar-refractivity contribution in [1.29, 1.82) is 0 Å². The Kier molecular flexibility index (Phi) is 6.24.